The van der Waals surface area contributed by atoms with Crippen LogP contribution in [0.5, 0.6) is 0 Å². The lowest BCUT2D eigenvalue weighted by Gasteiger charge is -1.98. The quantitative estimate of drug-likeness (QED) is 0.633. The molecule has 0 atom stereocenters. The van der Waals surface area contributed by atoms with Gasteiger partial charge in [0.15, 0.2) is 0 Å². The highest BCUT2D eigenvalue weighted by Gasteiger charge is 1.99. The van der Waals surface area contributed by atoms with Crippen molar-refractivity contribution in [3.05, 3.63) is 17.8 Å². The molecule has 0 fully saturated rings. The first kappa shape index (κ1) is 6.92. The van der Waals surface area contributed by atoms with Gasteiger partial charge in [-0.15, -0.1) is 0 Å². The molecule has 0 saturated carbocycles. The first-order valence-electron chi connectivity index (χ1n) is 2.91. The molecule has 0 aliphatic carbocycles. The maximum absolute atomic E-state index is 12.6. The Morgan fingerprint density at radius 3 is 2.80 bits per heavy atom. The summed E-state index contributed by atoms with van der Waals surface area (Å²) in [5.74, 6) is -0.0741. The lowest BCUT2D eigenvalue weighted by Crippen LogP contribution is -1.98. The van der Waals surface area contributed by atoms with E-state index in [-0.39, 0.29) is 0 Å². The zero-order chi connectivity index (χ0) is 7.56. The van der Waals surface area contributed by atoms with E-state index in [2.05, 4.69) is 15.3 Å². The van der Waals surface area contributed by atoms with Crippen molar-refractivity contribution in [3.8, 4) is 0 Å². The van der Waals surface area contributed by atoms with Gasteiger partial charge in [-0.2, -0.15) is 9.37 Å². The molecule has 3 nitrogen and oxygen atoms in total. The Bertz CT molecular complexity index is 236. The van der Waals surface area contributed by atoms with E-state index in [1.165, 1.54) is 6.20 Å². The number of hydrogen-bond donors (Lipinski definition) is 1. The second-order valence-corrected chi connectivity index (χ2v) is 1.88. The fourth-order valence-corrected chi connectivity index (χ4v) is 0.547. The average molecular weight is 141 g/mol. The predicted octanol–water partition coefficient (Wildman–Crippen LogP) is 0.966. The predicted molar refractivity (Wildman–Crippen MR) is 36.3 cm³/mol. The van der Waals surface area contributed by atoms with Crippen LogP contribution in [0.2, 0.25) is 0 Å². The minimum absolute atomic E-state index is 0.319. The smallest absolute Gasteiger partial charge is 0.236 e. The third-order valence-corrected chi connectivity index (χ3v) is 1.15. The lowest BCUT2D eigenvalue weighted by atomic mass is 10.5. The van der Waals surface area contributed by atoms with Gasteiger partial charge in [-0.05, 0) is 6.92 Å². The van der Waals surface area contributed by atoms with Gasteiger partial charge in [-0.25, -0.2) is 0 Å². The summed E-state index contributed by atoms with van der Waals surface area (Å²) in [6.45, 7) is 1.57. The van der Waals surface area contributed by atoms with E-state index < -0.39 is 5.95 Å². The van der Waals surface area contributed by atoms with Crippen LogP contribution in [0.25, 0.3) is 0 Å². The summed E-state index contributed by atoms with van der Waals surface area (Å²) in [5, 5.41) is 2.68. The second-order valence-electron chi connectivity index (χ2n) is 1.88. The molecule has 0 aliphatic rings. The number of nitrogens with one attached hydrogen (secondary N) is 1. The highest BCUT2D eigenvalue weighted by atomic mass is 19.1. The first-order valence-corrected chi connectivity index (χ1v) is 2.91. The largest absolute Gasteiger partial charge is 0.372 e. The lowest BCUT2D eigenvalue weighted by molar-refractivity contribution is 0.567. The maximum Gasteiger partial charge on any atom is 0.236 e. The van der Waals surface area contributed by atoms with Gasteiger partial charge >= 0.3 is 0 Å². The highest BCUT2D eigenvalue weighted by Crippen LogP contribution is 2.02. The molecule has 0 unspecified atom stereocenters. The van der Waals surface area contributed by atoms with Crippen molar-refractivity contribution in [2.24, 2.45) is 0 Å². The molecule has 54 valence electrons. The van der Waals surface area contributed by atoms with Crippen LogP contribution in [0, 0.1) is 12.9 Å². The van der Waals surface area contributed by atoms with E-state index in [0.29, 0.717) is 11.5 Å². The van der Waals surface area contributed by atoms with Crippen LogP contribution in [0.4, 0.5) is 10.2 Å². The van der Waals surface area contributed by atoms with Crippen molar-refractivity contribution in [1.29, 1.82) is 0 Å². The molecule has 1 aromatic rings. The topological polar surface area (TPSA) is 37.8 Å². The molecule has 1 heterocycles. The zero-order valence-corrected chi connectivity index (χ0v) is 5.85. The standard InChI is InChI=1S/C6H8FN3/c1-4-6(7)10-5(8-2)3-9-4/h3H,1-2H3,(H,8,10). The highest BCUT2D eigenvalue weighted by molar-refractivity contribution is 5.29. The van der Waals surface area contributed by atoms with Gasteiger partial charge in [0, 0.05) is 7.05 Å². The van der Waals surface area contributed by atoms with Crippen molar-refractivity contribution >= 4 is 5.82 Å². The van der Waals surface area contributed by atoms with E-state index >= 15 is 0 Å². The molecule has 0 aliphatic heterocycles. The number of nitrogens with zero attached hydrogens (tertiary/aromatic N) is 2. The zero-order valence-electron chi connectivity index (χ0n) is 5.85. The van der Waals surface area contributed by atoms with Gasteiger partial charge in [-0.1, -0.05) is 0 Å². The first-order chi connectivity index (χ1) is 4.74. The van der Waals surface area contributed by atoms with Crippen LogP contribution in [-0.2, 0) is 0 Å². The van der Waals surface area contributed by atoms with Gasteiger partial charge in [0.25, 0.3) is 0 Å². The summed E-state index contributed by atoms with van der Waals surface area (Å²) in [7, 11) is 1.67. The van der Waals surface area contributed by atoms with Crippen LogP contribution in [-0.4, -0.2) is 17.0 Å². The Labute approximate surface area is 58.3 Å². The summed E-state index contributed by atoms with van der Waals surface area (Å²) in [4.78, 5) is 7.30. The van der Waals surface area contributed by atoms with Crippen molar-refractivity contribution < 1.29 is 4.39 Å². The molecule has 1 rings (SSSR count). The molecule has 0 amide bonds. The molecular formula is C6H8FN3. The Balaban J connectivity index is 3.04. The summed E-state index contributed by atoms with van der Waals surface area (Å²) < 4.78 is 12.6. The van der Waals surface area contributed by atoms with Gasteiger partial charge in [0.1, 0.15) is 5.82 Å². The summed E-state index contributed by atoms with van der Waals surface area (Å²) in [5.41, 5.74) is 0.319. The molecule has 0 spiro atoms. The Morgan fingerprint density at radius 2 is 2.30 bits per heavy atom. The van der Waals surface area contributed by atoms with Crippen molar-refractivity contribution in [2.45, 2.75) is 6.92 Å². The van der Waals surface area contributed by atoms with E-state index in [1.54, 1.807) is 14.0 Å². The molecule has 0 aromatic carbocycles. The second kappa shape index (κ2) is 2.60. The minimum Gasteiger partial charge on any atom is -0.372 e. The number of aromatic nitrogens is 2. The minimum atomic E-state index is -0.521. The van der Waals surface area contributed by atoms with E-state index in [4.69, 9.17) is 0 Å². The normalized spacial score (nSPS) is 9.50. The summed E-state index contributed by atoms with van der Waals surface area (Å²) >= 11 is 0. The molecule has 0 saturated heterocycles. The van der Waals surface area contributed by atoms with Crippen LogP contribution in [0.3, 0.4) is 0 Å². The SMILES string of the molecule is CNc1cnc(C)c(F)n1. The van der Waals surface area contributed by atoms with Crippen LogP contribution in [0.1, 0.15) is 5.69 Å². The number of anilines is 1. The molecule has 1 aromatic heterocycles. The van der Waals surface area contributed by atoms with Crippen molar-refractivity contribution in [3.63, 3.8) is 0 Å². The molecule has 1 N–H and O–H groups in total. The molecule has 4 heteroatoms. The monoisotopic (exact) mass is 141 g/mol. The van der Waals surface area contributed by atoms with Crippen molar-refractivity contribution in [2.75, 3.05) is 12.4 Å². The van der Waals surface area contributed by atoms with Gasteiger partial charge in [0.05, 0.1) is 11.9 Å². The van der Waals surface area contributed by atoms with Crippen LogP contribution >= 0.6 is 0 Å². The Hall–Kier alpha value is -1.19. The van der Waals surface area contributed by atoms with Gasteiger partial charge < -0.3 is 5.32 Å². The third-order valence-electron chi connectivity index (χ3n) is 1.15. The molecular weight excluding hydrogens is 133 g/mol. The Kier molecular flexibility index (Phi) is 1.80. The van der Waals surface area contributed by atoms with E-state index in [9.17, 15) is 4.39 Å². The average Bonchev–Trinajstić information content (AvgIpc) is 1.95. The number of halogens is 1. The number of aryl methyl sites for hydroxylation is 1. The van der Waals surface area contributed by atoms with Gasteiger partial charge in [-0.3, -0.25) is 4.98 Å². The van der Waals surface area contributed by atoms with Crippen LogP contribution in [0.15, 0.2) is 6.20 Å². The van der Waals surface area contributed by atoms with Crippen molar-refractivity contribution in [1.82, 2.24) is 9.97 Å². The van der Waals surface area contributed by atoms with Crippen LogP contribution < -0.4 is 5.32 Å². The fourth-order valence-electron chi connectivity index (χ4n) is 0.547. The fraction of sp³-hybridized carbons (Fsp3) is 0.333. The molecule has 0 radical (unpaired) electrons. The summed E-state index contributed by atoms with van der Waals surface area (Å²) in [6.07, 6.45) is 1.48. The molecule has 0 bridgehead atoms. The van der Waals surface area contributed by atoms with E-state index in [0.717, 1.165) is 0 Å². The third kappa shape index (κ3) is 1.21. The summed E-state index contributed by atoms with van der Waals surface area (Å²) in [6, 6.07) is 0. The van der Waals surface area contributed by atoms with Gasteiger partial charge in [0.2, 0.25) is 5.95 Å². The molecule has 10 heavy (non-hydrogen) atoms. The number of hydrogen-bond acceptors (Lipinski definition) is 3. The number of rotatable bonds is 1. The van der Waals surface area contributed by atoms with E-state index in [1.807, 2.05) is 0 Å². The maximum atomic E-state index is 12.6. The Morgan fingerprint density at radius 1 is 1.60 bits per heavy atom.